The van der Waals surface area contributed by atoms with Crippen LogP contribution in [-0.4, -0.2) is 0 Å². The van der Waals surface area contributed by atoms with Gasteiger partial charge in [-0.15, -0.1) is 0 Å². The predicted octanol–water partition coefficient (Wildman–Crippen LogP) is 3.08. The molecule has 3 heteroatoms. The molecule has 0 radical (unpaired) electrons. The van der Waals surface area contributed by atoms with E-state index >= 15 is 0 Å². The van der Waals surface area contributed by atoms with E-state index in [0.717, 1.165) is 24.4 Å². The molecule has 3 rings (SSSR count). The highest BCUT2D eigenvalue weighted by atomic mass is 16.3. The summed E-state index contributed by atoms with van der Waals surface area (Å²) in [6, 6.07) is 10.9. The fourth-order valence-electron chi connectivity index (χ4n) is 3.00. The molecule has 3 nitrogen and oxygen atoms in total. The molecule has 1 heterocycles. The van der Waals surface area contributed by atoms with E-state index < -0.39 is 0 Å². The van der Waals surface area contributed by atoms with Crippen molar-refractivity contribution in [2.75, 3.05) is 0 Å². The standard InChI is InChI=1S/C17H22N2O/c1-2-15-8-9-17(20-15)16(19-18)11-12-6-7-13-4-3-5-14(13)10-12/h6-10,16,19H,2-5,11,18H2,1H3. The summed E-state index contributed by atoms with van der Waals surface area (Å²) in [5, 5.41) is 0. The highest BCUT2D eigenvalue weighted by Crippen LogP contribution is 2.26. The summed E-state index contributed by atoms with van der Waals surface area (Å²) in [4.78, 5) is 0. The van der Waals surface area contributed by atoms with Crippen molar-refractivity contribution in [2.24, 2.45) is 5.84 Å². The molecule has 20 heavy (non-hydrogen) atoms. The Balaban J connectivity index is 1.77. The average Bonchev–Trinajstić information content (AvgIpc) is 3.12. The molecule has 1 aliphatic carbocycles. The van der Waals surface area contributed by atoms with Gasteiger partial charge in [0.25, 0.3) is 0 Å². The van der Waals surface area contributed by atoms with E-state index in [1.807, 2.05) is 12.1 Å². The van der Waals surface area contributed by atoms with E-state index in [1.54, 1.807) is 0 Å². The number of nitrogens with two attached hydrogens (primary N) is 1. The summed E-state index contributed by atoms with van der Waals surface area (Å²) >= 11 is 0. The molecule has 0 aliphatic heterocycles. The van der Waals surface area contributed by atoms with Crippen molar-refractivity contribution in [1.82, 2.24) is 5.43 Å². The van der Waals surface area contributed by atoms with Gasteiger partial charge < -0.3 is 4.42 Å². The van der Waals surface area contributed by atoms with Crippen molar-refractivity contribution in [3.05, 3.63) is 58.5 Å². The Hall–Kier alpha value is -1.58. The van der Waals surface area contributed by atoms with Crippen LogP contribution in [0.5, 0.6) is 0 Å². The third kappa shape index (κ3) is 2.65. The molecule has 3 N–H and O–H groups in total. The van der Waals surface area contributed by atoms with Gasteiger partial charge >= 0.3 is 0 Å². The summed E-state index contributed by atoms with van der Waals surface area (Å²) in [7, 11) is 0. The zero-order valence-corrected chi connectivity index (χ0v) is 12.0. The topological polar surface area (TPSA) is 51.2 Å². The van der Waals surface area contributed by atoms with Crippen LogP contribution in [0, 0.1) is 0 Å². The molecule has 0 amide bonds. The van der Waals surface area contributed by atoms with Crippen LogP contribution in [0.1, 0.15) is 47.6 Å². The highest BCUT2D eigenvalue weighted by Gasteiger charge is 2.17. The first-order chi connectivity index (χ1) is 9.80. The van der Waals surface area contributed by atoms with Gasteiger partial charge in [0.1, 0.15) is 11.5 Å². The smallest absolute Gasteiger partial charge is 0.122 e. The number of nitrogens with one attached hydrogen (secondary N) is 1. The molecule has 0 fully saturated rings. The maximum absolute atomic E-state index is 5.81. The van der Waals surface area contributed by atoms with Crippen molar-refractivity contribution >= 4 is 0 Å². The molecule has 1 aromatic carbocycles. The second-order valence-corrected chi connectivity index (χ2v) is 5.54. The Bertz CT molecular complexity index is 588. The molecule has 2 aromatic rings. The van der Waals surface area contributed by atoms with Crippen molar-refractivity contribution in [3.63, 3.8) is 0 Å². The monoisotopic (exact) mass is 270 g/mol. The molecule has 1 unspecified atom stereocenters. The van der Waals surface area contributed by atoms with Crippen LogP contribution in [0.3, 0.4) is 0 Å². The van der Waals surface area contributed by atoms with E-state index in [4.69, 9.17) is 10.3 Å². The van der Waals surface area contributed by atoms with E-state index in [-0.39, 0.29) is 6.04 Å². The Kier molecular flexibility index (Phi) is 3.90. The minimum Gasteiger partial charge on any atom is -0.464 e. The second-order valence-electron chi connectivity index (χ2n) is 5.54. The molecule has 1 atom stereocenters. The van der Waals surface area contributed by atoms with Crippen LogP contribution >= 0.6 is 0 Å². The second kappa shape index (κ2) is 5.81. The van der Waals surface area contributed by atoms with Crippen LogP contribution in [0.2, 0.25) is 0 Å². The first kappa shape index (κ1) is 13.4. The number of hydrogen-bond acceptors (Lipinski definition) is 3. The lowest BCUT2D eigenvalue weighted by atomic mass is 10.00. The number of fused-ring (bicyclic) bond motifs is 1. The van der Waals surface area contributed by atoms with Crippen molar-refractivity contribution < 1.29 is 4.42 Å². The Morgan fingerprint density at radius 1 is 1.20 bits per heavy atom. The summed E-state index contributed by atoms with van der Waals surface area (Å²) in [5.74, 6) is 7.64. The highest BCUT2D eigenvalue weighted by molar-refractivity contribution is 5.36. The van der Waals surface area contributed by atoms with Gasteiger partial charge in [0.2, 0.25) is 0 Å². The fourth-order valence-corrected chi connectivity index (χ4v) is 3.00. The van der Waals surface area contributed by atoms with Crippen LogP contribution in [0.25, 0.3) is 0 Å². The summed E-state index contributed by atoms with van der Waals surface area (Å²) in [6.07, 6.45) is 5.50. The molecule has 106 valence electrons. The lowest BCUT2D eigenvalue weighted by Crippen LogP contribution is -2.29. The maximum Gasteiger partial charge on any atom is 0.122 e. The summed E-state index contributed by atoms with van der Waals surface area (Å²) < 4.78 is 5.81. The lowest BCUT2D eigenvalue weighted by Gasteiger charge is -2.14. The van der Waals surface area contributed by atoms with Gasteiger partial charge in [-0.25, -0.2) is 5.43 Å². The van der Waals surface area contributed by atoms with Gasteiger partial charge in [0.05, 0.1) is 6.04 Å². The predicted molar refractivity (Wildman–Crippen MR) is 80.3 cm³/mol. The van der Waals surface area contributed by atoms with Crippen LogP contribution in [0.4, 0.5) is 0 Å². The van der Waals surface area contributed by atoms with E-state index in [1.165, 1.54) is 36.0 Å². The summed E-state index contributed by atoms with van der Waals surface area (Å²) in [5.41, 5.74) is 7.22. The largest absolute Gasteiger partial charge is 0.464 e. The van der Waals surface area contributed by atoms with Gasteiger partial charge in [0, 0.05) is 6.42 Å². The maximum atomic E-state index is 5.81. The van der Waals surface area contributed by atoms with Gasteiger partial charge in [-0.2, -0.15) is 0 Å². The van der Waals surface area contributed by atoms with Crippen LogP contribution < -0.4 is 11.3 Å². The van der Waals surface area contributed by atoms with Gasteiger partial charge in [-0.05, 0) is 54.5 Å². The Morgan fingerprint density at radius 2 is 2.05 bits per heavy atom. The number of aryl methyl sites for hydroxylation is 3. The number of rotatable bonds is 5. The number of hydrazine groups is 1. The normalized spacial score (nSPS) is 15.3. The van der Waals surface area contributed by atoms with Crippen molar-refractivity contribution in [3.8, 4) is 0 Å². The molecule has 1 aliphatic rings. The quantitative estimate of drug-likeness (QED) is 0.648. The van der Waals surface area contributed by atoms with E-state index in [0.29, 0.717) is 0 Å². The van der Waals surface area contributed by atoms with Gasteiger partial charge in [0.15, 0.2) is 0 Å². The molecular formula is C17H22N2O. The van der Waals surface area contributed by atoms with E-state index in [9.17, 15) is 0 Å². The third-order valence-electron chi connectivity index (χ3n) is 4.18. The van der Waals surface area contributed by atoms with Crippen LogP contribution in [0.15, 0.2) is 34.7 Å². The molecule has 1 aromatic heterocycles. The number of furan rings is 1. The third-order valence-corrected chi connectivity index (χ3v) is 4.18. The summed E-state index contributed by atoms with van der Waals surface area (Å²) in [6.45, 7) is 2.09. The average molecular weight is 270 g/mol. The minimum absolute atomic E-state index is 0.0368. The van der Waals surface area contributed by atoms with Crippen LogP contribution in [-0.2, 0) is 25.7 Å². The van der Waals surface area contributed by atoms with Crippen molar-refractivity contribution in [1.29, 1.82) is 0 Å². The first-order valence-electron chi connectivity index (χ1n) is 7.45. The minimum atomic E-state index is 0.0368. The lowest BCUT2D eigenvalue weighted by molar-refractivity contribution is 0.396. The zero-order chi connectivity index (χ0) is 13.9. The zero-order valence-electron chi connectivity index (χ0n) is 12.0. The van der Waals surface area contributed by atoms with Gasteiger partial charge in [-0.1, -0.05) is 25.1 Å². The molecule has 0 spiro atoms. The molecular weight excluding hydrogens is 248 g/mol. The SMILES string of the molecule is CCc1ccc(C(Cc2ccc3c(c2)CCC3)NN)o1. The van der Waals surface area contributed by atoms with Gasteiger partial charge in [-0.3, -0.25) is 5.84 Å². The molecule has 0 bridgehead atoms. The fraction of sp³-hybridized carbons (Fsp3) is 0.412. The number of benzene rings is 1. The first-order valence-corrected chi connectivity index (χ1v) is 7.45. The van der Waals surface area contributed by atoms with E-state index in [2.05, 4.69) is 30.5 Å². The molecule has 0 saturated heterocycles. The van der Waals surface area contributed by atoms with Crippen molar-refractivity contribution in [2.45, 2.75) is 45.1 Å². The Labute approximate surface area is 120 Å². The number of hydrogen-bond donors (Lipinski definition) is 2. The molecule has 0 saturated carbocycles. The Morgan fingerprint density at radius 3 is 2.80 bits per heavy atom.